The van der Waals surface area contributed by atoms with E-state index in [0.717, 1.165) is 25.7 Å². The molecule has 12 nitrogen and oxygen atoms in total. The molecule has 1 aromatic carbocycles. The molecule has 42 heavy (non-hydrogen) atoms. The highest BCUT2D eigenvalue weighted by atomic mass is 16.5. The zero-order valence-corrected chi connectivity index (χ0v) is 24.1. The number of carbonyl (C=O) groups excluding carboxylic acids is 3. The van der Waals surface area contributed by atoms with E-state index in [2.05, 4.69) is 10.2 Å². The van der Waals surface area contributed by atoms with Crippen molar-refractivity contribution in [2.75, 3.05) is 46.4 Å². The van der Waals surface area contributed by atoms with E-state index in [1.165, 1.54) is 0 Å². The maximum Gasteiger partial charge on any atom is 0.254 e. The standard InChI is InChI=1S/C30H42N4O8/c1-40-21-8-6-18(7-9-21)29(38)33-16-22-15-32(10-11-41-22)30(39)23-12-19(14-34(23)20-4-2-3-5-20)31-26(35)13-24-27(36)28(37)25(17-33)42-24/h6-9,19-20,22-25,27-28,36-37H,2-5,10-17H2,1H3,(H,31,35)/t19-,22-,23-,24-,25+,27-,28+/m0/s1. The highest BCUT2D eigenvalue weighted by molar-refractivity contribution is 5.94. The van der Waals surface area contributed by atoms with Gasteiger partial charge in [-0.1, -0.05) is 12.8 Å². The Labute approximate surface area is 245 Å². The molecule has 0 spiro atoms. The summed E-state index contributed by atoms with van der Waals surface area (Å²) in [5, 5.41) is 24.8. The van der Waals surface area contributed by atoms with E-state index in [-0.39, 0.29) is 49.3 Å². The molecule has 1 aromatic rings. The Morgan fingerprint density at radius 2 is 1.74 bits per heavy atom. The van der Waals surface area contributed by atoms with Crippen LogP contribution in [0.15, 0.2) is 24.3 Å². The number of hydrogen-bond acceptors (Lipinski definition) is 9. The second-order valence-electron chi connectivity index (χ2n) is 12.3. The summed E-state index contributed by atoms with van der Waals surface area (Å²) in [6.45, 7) is 1.89. The molecule has 0 unspecified atom stereocenters. The van der Waals surface area contributed by atoms with Gasteiger partial charge in [0.15, 0.2) is 0 Å². The monoisotopic (exact) mass is 586 g/mol. The van der Waals surface area contributed by atoms with Gasteiger partial charge in [-0.05, 0) is 43.5 Å². The van der Waals surface area contributed by atoms with Gasteiger partial charge in [-0.25, -0.2) is 0 Å². The van der Waals surface area contributed by atoms with Crippen molar-refractivity contribution in [2.45, 2.75) is 87.2 Å². The predicted octanol–water partition coefficient (Wildman–Crippen LogP) is -0.241. The van der Waals surface area contributed by atoms with E-state index >= 15 is 0 Å². The van der Waals surface area contributed by atoms with Gasteiger partial charge in [0.05, 0.1) is 38.4 Å². The Bertz CT molecular complexity index is 1140. The number of methoxy groups -OCH3 is 1. The molecule has 4 saturated heterocycles. The fraction of sp³-hybridized carbons (Fsp3) is 0.700. The molecule has 5 aliphatic rings. The van der Waals surface area contributed by atoms with Gasteiger partial charge in [-0.3, -0.25) is 19.3 Å². The van der Waals surface area contributed by atoms with Gasteiger partial charge in [0.2, 0.25) is 11.8 Å². The number of benzene rings is 1. The minimum Gasteiger partial charge on any atom is -0.497 e. The summed E-state index contributed by atoms with van der Waals surface area (Å²) in [6.07, 6.45) is -0.0533. The van der Waals surface area contributed by atoms with Crippen molar-refractivity contribution in [2.24, 2.45) is 0 Å². The number of ether oxygens (including phenoxy) is 3. The predicted molar refractivity (Wildman–Crippen MR) is 150 cm³/mol. The maximum atomic E-state index is 14.0. The number of fused-ring (bicyclic) bond motifs is 6. The number of aliphatic hydroxyl groups is 2. The summed E-state index contributed by atoms with van der Waals surface area (Å²) in [4.78, 5) is 46.5. The fourth-order valence-electron chi connectivity index (χ4n) is 7.32. The third kappa shape index (κ3) is 6.00. The van der Waals surface area contributed by atoms with Crippen LogP contribution in [0.2, 0.25) is 0 Å². The molecule has 6 rings (SSSR count). The van der Waals surface area contributed by atoms with Gasteiger partial charge in [-0.15, -0.1) is 0 Å². The van der Waals surface area contributed by atoms with Crippen LogP contribution in [-0.4, -0.2) is 138 Å². The van der Waals surface area contributed by atoms with Crippen LogP contribution in [0.25, 0.3) is 0 Å². The van der Waals surface area contributed by atoms with E-state index in [1.807, 2.05) is 4.90 Å². The Balaban J connectivity index is 1.28. The van der Waals surface area contributed by atoms with Crippen molar-refractivity contribution in [3.63, 3.8) is 0 Å². The Morgan fingerprint density at radius 1 is 1.00 bits per heavy atom. The van der Waals surface area contributed by atoms with E-state index in [9.17, 15) is 24.6 Å². The second kappa shape index (κ2) is 12.5. The summed E-state index contributed by atoms with van der Waals surface area (Å²) in [7, 11) is 1.55. The van der Waals surface area contributed by atoms with Gasteiger partial charge in [-0.2, -0.15) is 0 Å². The molecule has 6 bridgehead atoms. The number of rotatable bonds is 3. The lowest BCUT2D eigenvalue weighted by Gasteiger charge is -2.39. The van der Waals surface area contributed by atoms with Gasteiger partial charge in [0, 0.05) is 50.4 Å². The molecular formula is C30H42N4O8. The van der Waals surface area contributed by atoms with Crippen LogP contribution in [0.1, 0.15) is 48.9 Å². The summed E-state index contributed by atoms with van der Waals surface area (Å²) in [5.41, 5.74) is 0.419. The topological polar surface area (TPSA) is 141 Å². The number of amides is 3. The highest BCUT2D eigenvalue weighted by Crippen LogP contribution is 2.32. The van der Waals surface area contributed by atoms with Crippen molar-refractivity contribution in [1.82, 2.24) is 20.0 Å². The number of aliphatic hydroxyl groups excluding tert-OH is 2. The van der Waals surface area contributed by atoms with Crippen LogP contribution < -0.4 is 10.1 Å². The average molecular weight is 587 g/mol. The molecule has 0 radical (unpaired) electrons. The van der Waals surface area contributed by atoms with E-state index in [1.54, 1.807) is 36.3 Å². The number of carbonyl (C=O) groups is 3. The Kier molecular flexibility index (Phi) is 8.69. The minimum atomic E-state index is -1.27. The van der Waals surface area contributed by atoms with Crippen molar-refractivity contribution in [1.29, 1.82) is 0 Å². The second-order valence-corrected chi connectivity index (χ2v) is 12.3. The summed E-state index contributed by atoms with van der Waals surface area (Å²) >= 11 is 0. The lowest BCUT2D eigenvalue weighted by Crippen LogP contribution is -2.56. The summed E-state index contributed by atoms with van der Waals surface area (Å²) in [6, 6.07) is 6.53. The minimum absolute atomic E-state index is 0.0181. The molecule has 5 fully saturated rings. The van der Waals surface area contributed by atoms with Crippen LogP contribution >= 0.6 is 0 Å². The van der Waals surface area contributed by atoms with Crippen molar-refractivity contribution in [3.8, 4) is 5.75 Å². The van der Waals surface area contributed by atoms with E-state index in [4.69, 9.17) is 14.2 Å². The lowest BCUT2D eigenvalue weighted by molar-refractivity contribution is -0.145. The molecule has 1 aliphatic carbocycles. The van der Waals surface area contributed by atoms with Gasteiger partial charge in [0.1, 0.15) is 24.1 Å². The first-order chi connectivity index (χ1) is 20.3. The van der Waals surface area contributed by atoms with Crippen LogP contribution in [0.3, 0.4) is 0 Å². The van der Waals surface area contributed by atoms with Gasteiger partial charge in [0.25, 0.3) is 5.91 Å². The number of nitrogens with one attached hydrogen (secondary N) is 1. The van der Waals surface area contributed by atoms with Crippen LogP contribution in [0.4, 0.5) is 0 Å². The van der Waals surface area contributed by atoms with E-state index in [0.29, 0.717) is 50.0 Å². The van der Waals surface area contributed by atoms with Crippen LogP contribution in [0, 0.1) is 0 Å². The lowest BCUT2D eigenvalue weighted by atomic mass is 10.0. The normalized spacial score (nSPS) is 35.0. The number of nitrogens with zero attached hydrogens (tertiary/aromatic N) is 3. The van der Waals surface area contributed by atoms with Gasteiger partial charge < -0.3 is 39.5 Å². The quantitative estimate of drug-likeness (QED) is 0.438. The SMILES string of the molecule is COc1ccc(C(=O)N2C[C@@H]3CN(CCO3)C(=O)[C@@H]3C[C@@H](CN3C3CCCC3)NC(=O)C[C@@H]3O[C@H](C2)[C@@H](O)[C@H]3O)cc1. The molecule has 4 aliphatic heterocycles. The first-order valence-corrected chi connectivity index (χ1v) is 15.2. The highest BCUT2D eigenvalue weighted by Gasteiger charge is 2.47. The van der Waals surface area contributed by atoms with Crippen molar-refractivity contribution >= 4 is 17.7 Å². The van der Waals surface area contributed by atoms with Crippen molar-refractivity contribution in [3.05, 3.63) is 29.8 Å². The maximum absolute atomic E-state index is 14.0. The average Bonchev–Trinajstić information content (AvgIpc) is 3.73. The van der Waals surface area contributed by atoms with Crippen LogP contribution in [0.5, 0.6) is 5.75 Å². The molecule has 0 aromatic heterocycles. The zero-order valence-electron chi connectivity index (χ0n) is 24.1. The molecular weight excluding hydrogens is 544 g/mol. The molecule has 12 heteroatoms. The van der Waals surface area contributed by atoms with E-state index < -0.39 is 30.5 Å². The summed E-state index contributed by atoms with van der Waals surface area (Å²) < 4.78 is 17.3. The van der Waals surface area contributed by atoms with Crippen molar-refractivity contribution < 1.29 is 38.8 Å². The third-order valence-corrected chi connectivity index (χ3v) is 9.53. The fourth-order valence-corrected chi connectivity index (χ4v) is 7.32. The third-order valence-electron chi connectivity index (χ3n) is 9.53. The number of morpholine rings is 1. The van der Waals surface area contributed by atoms with Crippen LogP contribution in [-0.2, 0) is 19.1 Å². The first kappa shape index (κ1) is 29.3. The molecule has 4 heterocycles. The smallest absolute Gasteiger partial charge is 0.254 e. The molecule has 3 amide bonds. The number of hydrogen-bond donors (Lipinski definition) is 3. The molecule has 3 N–H and O–H groups in total. The number of likely N-dealkylation sites (tertiary alicyclic amines) is 1. The molecule has 1 saturated carbocycles. The summed E-state index contributed by atoms with van der Waals surface area (Å²) in [5.74, 6) is 0.0645. The zero-order chi connectivity index (χ0) is 29.4. The molecule has 230 valence electrons. The van der Waals surface area contributed by atoms with Gasteiger partial charge >= 0.3 is 0 Å². The Hall–Kier alpha value is -2.77. The largest absolute Gasteiger partial charge is 0.497 e. The Morgan fingerprint density at radius 3 is 2.48 bits per heavy atom. The first-order valence-electron chi connectivity index (χ1n) is 15.2. The molecule has 7 atom stereocenters.